The number of benzene rings is 1. The highest BCUT2D eigenvalue weighted by Gasteiger charge is 2.33. The van der Waals surface area contributed by atoms with E-state index in [-0.39, 0.29) is 5.41 Å². The molecular formula is C16H23BrO. The van der Waals surface area contributed by atoms with Gasteiger partial charge in [0.1, 0.15) is 5.75 Å². The van der Waals surface area contributed by atoms with Crippen LogP contribution < -0.4 is 4.74 Å². The van der Waals surface area contributed by atoms with E-state index in [2.05, 4.69) is 48.8 Å². The van der Waals surface area contributed by atoms with Crippen molar-refractivity contribution in [2.75, 3.05) is 6.61 Å². The summed E-state index contributed by atoms with van der Waals surface area (Å²) in [6.07, 6.45) is 6.35. The summed E-state index contributed by atoms with van der Waals surface area (Å²) in [4.78, 5) is 0. The van der Waals surface area contributed by atoms with Crippen LogP contribution in [0.2, 0.25) is 0 Å². The summed E-state index contributed by atoms with van der Waals surface area (Å²) in [5.41, 5.74) is 2.89. The van der Waals surface area contributed by atoms with Crippen LogP contribution in [-0.4, -0.2) is 6.61 Å². The van der Waals surface area contributed by atoms with Crippen LogP contribution in [0.3, 0.4) is 0 Å². The van der Waals surface area contributed by atoms with Gasteiger partial charge in [-0.15, -0.1) is 0 Å². The van der Waals surface area contributed by atoms with Gasteiger partial charge < -0.3 is 4.74 Å². The molecule has 1 aromatic rings. The van der Waals surface area contributed by atoms with Crippen molar-refractivity contribution in [1.29, 1.82) is 0 Å². The molecule has 1 aromatic carbocycles. The second-order valence-corrected chi connectivity index (χ2v) is 6.84. The number of hydrogen-bond acceptors (Lipinski definition) is 1. The van der Waals surface area contributed by atoms with Gasteiger partial charge in [0.25, 0.3) is 0 Å². The molecule has 2 rings (SSSR count). The molecule has 1 heterocycles. The van der Waals surface area contributed by atoms with Gasteiger partial charge in [0.05, 0.1) is 6.61 Å². The summed E-state index contributed by atoms with van der Waals surface area (Å²) in [7, 11) is 0. The smallest absolute Gasteiger partial charge is 0.126 e. The van der Waals surface area contributed by atoms with E-state index in [1.165, 1.54) is 41.3 Å². The van der Waals surface area contributed by atoms with Crippen LogP contribution in [-0.2, 0) is 11.8 Å². The van der Waals surface area contributed by atoms with E-state index in [0.29, 0.717) is 0 Å². The lowest BCUT2D eigenvalue weighted by Gasteiger charge is -2.16. The summed E-state index contributed by atoms with van der Waals surface area (Å²) in [5, 5.41) is 0. The quantitative estimate of drug-likeness (QED) is 0.676. The maximum atomic E-state index is 5.94. The Morgan fingerprint density at radius 3 is 2.72 bits per heavy atom. The molecule has 18 heavy (non-hydrogen) atoms. The molecule has 0 saturated heterocycles. The van der Waals surface area contributed by atoms with Crippen molar-refractivity contribution < 1.29 is 4.74 Å². The molecule has 1 aliphatic rings. The van der Waals surface area contributed by atoms with Gasteiger partial charge in [-0.3, -0.25) is 0 Å². The Morgan fingerprint density at radius 2 is 2.00 bits per heavy atom. The Labute approximate surface area is 119 Å². The van der Waals surface area contributed by atoms with Crippen molar-refractivity contribution in [3.63, 3.8) is 0 Å². The van der Waals surface area contributed by atoms with E-state index in [4.69, 9.17) is 4.74 Å². The van der Waals surface area contributed by atoms with Crippen molar-refractivity contribution in [3.05, 3.63) is 27.7 Å². The van der Waals surface area contributed by atoms with Crippen LogP contribution in [0.5, 0.6) is 5.75 Å². The van der Waals surface area contributed by atoms with Crippen LogP contribution in [0.4, 0.5) is 0 Å². The first kappa shape index (κ1) is 13.9. The second kappa shape index (κ2) is 5.64. The topological polar surface area (TPSA) is 9.23 Å². The predicted octanol–water partition coefficient (Wildman–Crippen LogP) is 5.24. The van der Waals surface area contributed by atoms with Crippen LogP contribution in [0.25, 0.3) is 0 Å². The van der Waals surface area contributed by atoms with Gasteiger partial charge in [-0.1, -0.05) is 56.0 Å². The molecule has 0 saturated carbocycles. The Hall–Kier alpha value is -0.500. The van der Waals surface area contributed by atoms with Crippen LogP contribution in [0, 0.1) is 0 Å². The summed E-state index contributed by atoms with van der Waals surface area (Å²) in [6.45, 7) is 7.57. The summed E-state index contributed by atoms with van der Waals surface area (Å²) in [5.74, 6) is 1.15. The molecule has 0 unspecified atom stereocenters. The Bertz CT molecular complexity index is 423. The highest BCUT2D eigenvalue weighted by Crippen LogP contribution is 2.42. The SMILES string of the molecule is CCCCCCc1cc(Br)cc2c1OCC2(C)C. The fraction of sp³-hybridized carbons (Fsp3) is 0.625. The number of ether oxygens (including phenoxy) is 1. The minimum Gasteiger partial charge on any atom is -0.492 e. The Kier molecular flexibility index (Phi) is 4.37. The van der Waals surface area contributed by atoms with Gasteiger partial charge in [-0.25, -0.2) is 0 Å². The lowest BCUT2D eigenvalue weighted by atomic mass is 9.86. The average Bonchev–Trinajstić information content (AvgIpc) is 2.61. The molecular weight excluding hydrogens is 288 g/mol. The largest absolute Gasteiger partial charge is 0.492 e. The zero-order valence-corrected chi connectivity index (χ0v) is 13.3. The minimum absolute atomic E-state index is 0.150. The molecule has 0 N–H and O–H groups in total. The second-order valence-electron chi connectivity index (χ2n) is 5.92. The molecule has 0 aliphatic carbocycles. The molecule has 0 fully saturated rings. The van der Waals surface area contributed by atoms with Crippen LogP contribution >= 0.6 is 15.9 Å². The van der Waals surface area contributed by atoms with Crippen molar-refractivity contribution in [3.8, 4) is 5.75 Å². The lowest BCUT2D eigenvalue weighted by Crippen LogP contribution is -2.18. The number of aryl methyl sites for hydroxylation is 1. The number of rotatable bonds is 5. The molecule has 0 aromatic heterocycles. The first-order valence-corrected chi connectivity index (χ1v) is 7.79. The molecule has 0 amide bonds. The van der Waals surface area contributed by atoms with Gasteiger partial charge in [0, 0.05) is 15.5 Å². The first-order chi connectivity index (χ1) is 8.54. The monoisotopic (exact) mass is 310 g/mol. The van der Waals surface area contributed by atoms with Gasteiger partial charge >= 0.3 is 0 Å². The van der Waals surface area contributed by atoms with Crippen molar-refractivity contribution >= 4 is 15.9 Å². The molecule has 0 radical (unpaired) electrons. The fourth-order valence-corrected chi connectivity index (χ4v) is 3.09. The summed E-state index contributed by atoms with van der Waals surface area (Å²) in [6, 6.07) is 4.45. The predicted molar refractivity (Wildman–Crippen MR) is 80.5 cm³/mol. The summed E-state index contributed by atoms with van der Waals surface area (Å²) < 4.78 is 7.12. The molecule has 0 atom stereocenters. The Balaban J connectivity index is 2.16. The van der Waals surface area contributed by atoms with Crippen molar-refractivity contribution in [2.24, 2.45) is 0 Å². The molecule has 2 heteroatoms. The van der Waals surface area contributed by atoms with Crippen LogP contribution in [0.15, 0.2) is 16.6 Å². The first-order valence-electron chi connectivity index (χ1n) is 7.00. The number of halogens is 1. The molecule has 0 bridgehead atoms. The molecule has 100 valence electrons. The normalized spacial score (nSPS) is 16.4. The van der Waals surface area contributed by atoms with E-state index < -0.39 is 0 Å². The van der Waals surface area contributed by atoms with Gasteiger partial charge in [0.15, 0.2) is 0 Å². The number of hydrogen-bond donors (Lipinski definition) is 0. The molecule has 0 spiro atoms. The molecule has 1 nitrogen and oxygen atoms in total. The third-order valence-electron chi connectivity index (χ3n) is 3.74. The van der Waals surface area contributed by atoms with Crippen LogP contribution in [0.1, 0.15) is 57.6 Å². The zero-order chi connectivity index (χ0) is 13.2. The van der Waals surface area contributed by atoms with E-state index >= 15 is 0 Å². The van der Waals surface area contributed by atoms with Crippen molar-refractivity contribution in [1.82, 2.24) is 0 Å². The third-order valence-corrected chi connectivity index (χ3v) is 4.19. The third kappa shape index (κ3) is 2.90. The van der Waals surface area contributed by atoms with Gasteiger partial charge in [-0.05, 0) is 30.5 Å². The highest BCUT2D eigenvalue weighted by atomic mass is 79.9. The Morgan fingerprint density at radius 1 is 1.22 bits per heavy atom. The lowest BCUT2D eigenvalue weighted by molar-refractivity contribution is 0.289. The standard InChI is InChI=1S/C16H23BrO/c1-4-5-6-7-8-12-9-13(17)10-14-15(12)18-11-16(14,2)3/h9-10H,4-8,11H2,1-3H3. The number of unbranched alkanes of at least 4 members (excludes halogenated alkanes) is 3. The van der Waals surface area contributed by atoms with E-state index in [9.17, 15) is 0 Å². The van der Waals surface area contributed by atoms with Gasteiger partial charge in [0.2, 0.25) is 0 Å². The highest BCUT2D eigenvalue weighted by molar-refractivity contribution is 9.10. The van der Waals surface area contributed by atoms with Gasteiger partial charge in [-0.2, -0.15) is 0 Å². The zero-order valence-electron chi connectivity index (χ0n) is 11.7. The number of fused-ring (bicyclic) bond motifs is 1. The molecule has 1 aliphatic heterocycles. The maximum absolute atomic E-state index is 5.94. The minimum atomic E-state index is 0.150. The van der Waals surface area contributed by atoms with E-state index in [1.807, 2.05) is 0 Å². The maximum Gasteiger partial charge on any atom is 0.126 e. The average molecular weight is 311 g/mol. The van der Waals surface area contributed by atoms with E-state index in [1.54, 1.807) is 0 Å². The van der Waals surface area contributed by atoms with E-state index in [0.717, 1.165) is 18.8 Å². The van der Waals surface area contributed by atoms with Crippen molar-refractivity contribution in [2.45, 2.75) is 58.3 Å². The summed E-state index contributed by atoms with van der Waals surface area (Å²) >= 11 is 3.63. The fourth-order valence-electron chi connectivity index (χ4n) is 2.58.